The fourth-order valence-corrected chi connectivity index (χ4v) is 1.74. The highest BCUT2D eigenvalue weighted by molar-refractivity contribution is 5.06. The Morgan fingerprint density at radius 2 is 2.27 bits per heavy atom. The van der Waals surface area contributed by atoms with Crippen molar-refractivity contribution >= 4 is 0 Å². The summed E-state index contributed by atoms with van der Waals surface area (Å²) >= 11 is 0. The molecule has 0 bridgehead atoms. The predicted molar refractivity (Wildman–Crippen MR) is 49.6 cm³/mol. The van der Waals surface area contributed by atoms with Crippen molar-refractivity contribution in [2.45, 2.75) is 39.2 Å². The van der Waals surface area contributed by atoms with Crippen molar-refractivity contribution in [3.8, 4) is 0 Å². The highest BCUT2D eigenvalue weighted by Gasteiger charge is 2.26. The van der Waals surface area contributed by atoms with Gasteiger partial charge in [-0.25, -0.2) is 0 Å². The molecule has 0 amide bonds. The van der Waals surface area contributed by atoms with Crippen LogP contribution in [0.4, 0.5) is 0 Å². The zero-order valence-corrected chi connectivity index (χ0v) is 7.69. The number of hydrogen-bond donors (Lipinski definition) is 1. The minimum atomic E-state index is 0.591. The van der Waals surface area contributed by atoms with Gasteiger partial charge in [-0.3, -0.25) is 0 Å². The Labute approximate surface area is 69.9 Å². The van der Waals surface area contributed by atoms with Crippen molar-refractivity contribution in [3.63, 3.8) is 0 Å². The molecular weight excluding hydrogens is 134 g/mol. The SMILES string of the molecule is C=C(C)C(NCC)C1CCC1. The van der Waals surface area contributed by atoms with Crippen molar-refractivity contribution in [3.05, 3.63) is 12.2 Å². The van der Waals surface area contributed by atoms with Crippen molar-refractivity contribution < 1.29 is 0 Å². The van der Waals surface area contributed by atoms with E-state index in [-0.39, 0.29) is 0 Å². The second-order valence-corrected chi connectivity index (χ2v) is 3.57. The molecule has 1 aliphatic rings. The van der Waals surface area contributed by atoms with E-state index in [2.05, 4.69) is 25.7 Å². The van der Waals surface area contributed by atoms with Crippen LogP contribution in [-0.4, -0.2) is 12.6 Å². The van der Waals surface area contributed by atoms with Crippen LogP contribution >= 0.6 is 0 Å². The Balaban J connectivity index is 2.37. The molecule has 0 aromatic heterocycles. The first-order valence-corrected chi connectivity index (χ1v) is 4.64. The third kappa shape index (κ3) is 2.06. The maximum atomic E-state index is 4.01. The van der Waals surface area contributed by atoms with E-state index in [1.54, 1.807) is 0 Å². The van der Waals surface area contributed by atoms with Crippen LogP contribution in [0.5, 0.6) is 0 Å². The minimum Gasteiger partial charge on any atom is -0.310 e. The fourth-order valence-electron chi connectivity index (χ4n) is 1.74. The van der Waals surface area contributed by atoms with Crippen LogP contribution in [0.1, 0.15) is 33.1 Å². The van der Waals surface area contributed by atoms with E-state index >= 15 is 0 Å². The zero-order chi connectivity index (χ0) is 8.27. The van der Waals surface area contributed by atoms with Gasteiger partial charge >= 0.3 is 0 Å². The molecule has 64 valence electrons. The van der Waals surface area contributed by atoms with E-state index < -0.39 is 0 Å². The molecule has 1 aliphatic carbocycles. The lowest BCUT2D eigenvalue weighted by Gasteiger charge is -2.34. The Kier molecular flexibility index (Phi) is 3.13. The quantitative estimate of drug-likeness (QED) is 0.611. The molecule has 1 N–H and O–H groups in total. The van der Waals surface area contributed by atoms with Gasteiger partial charge in [-0.2, -0.15) is 0 Å². The van der Waals surface area contributed by atoms with Crippen LogP contribution in [0.15, 0.2) is 12.2 Å². The Bertz CT molecular complexity index is 136. The average molecular weight is 153 g/mol. The van der Waals surface area contributed by atoms with E-state index in [1.165, 1.54) is 24.8 Å². The first-order valence-electron chi connectivity index (χ1n) is 4.64. The predicted octanol–water partition coefficient (Wildman–Crippen LogP) is 2.34. The molecule has 0 aliphatic heterocycles. The number of hydrogen-bond acceptors (Lipinski definition) is 1. The normalized spacial score (nSPS) is 20.9. The third-order valence-electron chi connectivity index (χ3n) is 2.58. The summed E-state index contributed by atoms with van der Waals surface area (Å²) in [4.78, 5) is 0. The summed E-state index contributed by atoms with van der Waals surface area (Å²) in [5.41, 5.74) is 1.30. The smallest absolute Gasteiger partial charge is 0.0302 e. The molecule has 1 saturated carbocycles. The maximum Gasteiger partial charge on any atom is 0.0302 e. The molecule has 0 aromatic rings. The van der Waals surface area contributed by atoms with E-state index in [9.17, 15) is 0 Å². The van der Waals surface area contributed by atoms with E-state index in [4.69, 9.17) is 0 Å². The summed E-state index contributed by atoms with van der Waals surface area (Å²) in [7, 11) is 0. The van der Waals surface area contributed by atoms with Crippen molar-refractivity contribution in [1.29, 1.82) is 0 Å². The van der Waals surface area contributed by atoms with Crippen molar-refractivity contribution in [1.82, 2.24) is 5.32 Å². The van der Waals surface area contributed by atoms with Gasteiger partial charge in [0.15, 0.2) is 0 Å². The Morgan fingerprint density at radius 1 is 1.64 bits per heavy atom. The van der Waals surface area contributed by atoms with E-state index in [0.29, 0.717) is 6.04 Å². The first-order chi connectivity index (χ1) is 5.25. The monoisotopic (exact) mass is 153 g/mol. The maximum absolute atomic E-state index is 4.01. The Morgan fingerprint density at radius 3 is 2.55 bits per heavy atom. The van der Waals surface area contributed by atoms with Gasteiger partial charge in [0.05, 0.1) is 0 Å². The molecule has 11 heavy (non-hydrogen) atoms. The fraction of sp³-hybridized carbons (Fsp3) is 0.800. The Hall–Kier alpha value is -0.300. The third-order valence-corrected chi connectivity index (χ3v) is 2.58. The van der Waals surface area contributed by atoms with Gasteiger partial charge < -0.3 is 5.32 Å². The van der Waals surface area contributed by atoms with Crippen molar-refractivity contribution in [2.24, 2.45) is 5.92 Å². The van der Waals surface area contributed by atoms with Gasteiger partial charge in [-0.05, 0) is 32.2 Å². The molecular formula is C10H19N. The summed E-state index contributed by atoms with van der Waals surface area (Å²) in [5.74, 6) is 0.882. The lowest BCUT2D eigenvalue weighted by molar-refractivity contribution is 0.254. The van der Waals surface area contributed by atoms with Gasteiger partial charge in [0.1, 0.15) is 0 Å². The molecule has 1 rings (SSSR count). The largest absolute Gasteiger partial charge is 0.310 e. The van der Waals surface area contributed by atoms with Crippen LogP contribution in [0, 0.1) is 5.92 Å². The molecule has 1 nitrogen and oxygen atoms in total. The topological polar surface area (TPSA) is 12.0 Å². The number of rotatable bonds is 4. The highest BCUT2D eigenvalue weighted by Crippen LogP contribution is 2.31. The summed E-state index contributed by atoms with van der Waals surface area (Å²) in [5, 5.41) is 3.48. The van der Waals surface area contributed by atoms with E-state index in [0.717, 1.165) is 12.5 Å². The van der Waals surface area contributed by atoms with E-state index in [1.807, 2.05) is 0 Å². The molecule has 0 spiro atoms. The summed E-state index contributed by atoms with van der Waals surface area (Å²) < 4.78 is 0. The summed E-state index contributed by atoms with van der Waals surface area (Å²) in [6.45, 7) is 9.37. The first kappa shape index (κ1) is 8.79. The highest BCUT2D eigenvalue weighted by atomic mass is 14.9. The summed E-state index contributed by atoms with van der Waals surface area (Å²) in [6, 6.07) is 0.591. The second-order valence-electron chi connectivity index (χ2n) is 3.57. The molecule has 0 aromatic carbocycles. The molecule has 0 saturated heterocycles. The molecule has 0 heterocycles. The number of likely N-dealkylation sites (N-methyl/N-ethyl adjacent to an activating group) is 1. The van der Waals surface area contributed by atoms with Gasteiger partial charge in [0.2, 0.25) is 0 Å². The van der Waals surface area contributed by atoms with Gasteiger partial charge in [0.25, 0.3) is 0 Å². The molecule has 0 radical (unpaired) electrons. The standard InChI is InChI=1S/C10H19N/c1-4-11-10(8(2)3)9-6-5-7-9/h9-11H,2,4-7H2,1,3H3. The summed E-state index contributed by atoms with van der Waals surface area (Å²) in [6.07, 6.45) is 4.20. The molecule has 1 atom stereocenters. The lowest BCUT2D eigenvalue weighted by atomic mass is 9.77. The number of nitrogens with one attached hydrogen (secondary N) is 1. The van der Waals surface area contributed by atoms with Crippen molar-refractivity contribution in [2.75, 3.05) is 6.54 Å². The van der Waals surface area contributed by atoms with Crippen LogP contribution in [0.25, 0.3) is 0 Å². The van der Waals surface area contributed by atoms with Crippen LogP contribution in [0.3, 0.4) is 0 Å². The van der Waals surface area contributed by atoms with Gasteiger partial charge in [-0.1, -0.05) is 25.5 Å². The van der Waals surface area contributed by atoms with Gasteiger partial charge in [0, 0.05) is 6.04 Å². The molecule has 1 heteroatoms. The minimum absolute atomic E-state index is 0.591. The average Bonchev–Trinajstić information content (AvgIpc) is 1.82. The van der Waals surface area contributed by atoms with Gasteiger partial charge in [-0.15, -0.1) is 0 Å². The lowest BCUT2D eigenvalue weighted by Crippen LogP contribution is -2.39. The van der Waals surface area contributed by atoms with Crippen LogP contribution in [-0.2, 0) is 0 Å². The zero-order valence-electron chi connectivity index (χ0n) is 7.69. The van der Waals surface area contributed by atoms with Crippen LogP contribution in [0.2, 0.25) is 0 Å². The molecule has 1 fully saturated rings. The second kappa shape index (κ2) is 3.91. The molecule has 1 unspecified atom stereocenters. The van der Waals surface area contributed by atoms with Crippen LogP contribution < -0.4 is 5.32 Å².